The Morgan fingerprint density at radius 3 is 2.47 bits per heavy atom. The van der Waals surface area contributed by atoms with Crippen molar-refractivity contribution >= 4 is 5.78 Å². The van der Waals surface area contributed by atoms with Gasteiger partial charge in [0, 0.05) is 6.20 Å². The average molecular weight is 247 g/mol. The summed E-state index contributed by atoms with van der Waals surface area (Å²) in [6, 6.07) is 0. The molecule has 1 aliphatic rings. The van der Waals surface area contributed by atoms with Gasteiger partial charge >= 0.3 is 0 Å². The van der Waals surface area contributed by atoms with E-state index in [-0.39, 0.29) is 5.78 Å². The predicted molar refractivity (Wildman–Crippen MR) is 56.7 cm³/mol. The molecular weight excluding hydrogens is 230 g/mol. The van der Waals surface area contributed by atoms with Crippen LogP contribution in [-0.2, 0) is 9.53 Å². The van der Waals surface area contributed by atoms with E-state index in [4.69, 9.17) is 9.84 Å². The number of nitrogens with one attached hydrogen (secondary N) is 1. The molecule has 0 aliphatic carbocycles. The van der Waals surface area contributed by atoms with Gasteiger partial charge in [0.1, 0.15) is 24.4 Å². The van der Waals surface area contributed by atoms with E-state index in [1.165, 1.54) is 19.2 Å². The van der Waals surface area contributed by atoms with Gasteiger partial charge in [-0.15, -0.1) is 0 Å². The van der Waals surface area contributed by atoms with Gasteiger partial charge in [-0.25, -0.2) is 0 Å². The van der Waals surface area contributed by atoms with Gasteiger partial charge in [-0.3, -0.25) is 4.79 Å². The van der Waals surface area contributed by atoms with E-state index in [2.05, 4.69) is 5.32 Å². The largest absolute Gasteiger partial charge is 0.394 e. The highest BCUT2D eigenvalue weighted by Gasteiger charge is 2.42. The quantitative estimate of drug-likeness (QED) is 0.348. The van der Waals surface area contributed by atoms with Crippen LogP contribution in [0.25, 0.3) is 0 Å². The third-order valence-corrected chi connectivity index (χ3v) is 2.47. The van der Waals surface area contributed by atoms with Gasteiger partial charge in [-0.2, -0.15) is 0 Å². The van der Waals surface area contributed by atoms with Crippen molar-refractivity contribution in [3.05, 3.63) is 12.3 Å². The number of hydrogen-bond acceptors (Lipinski definition) is 7. The first-order valence-electron chi connectivity index (χ1n) is 5.21. The molecule has 1 saturated heterocycles. The predicted octanol–water partition coefficient (Wildman–Crippen LogP) is -2.52. The molecule has 0 bridgehead atoms. The Balaban J connectivity index is 2.62. The first kappa shape index (κ1) is 14.1. The van der Waals surface area contributed by atoms with Crippen molar-refractivity contribution in [2.24, 2.45) is 0 Å². The minimum atomic E-state index is -1.43. The minimum absolute atomic E-state index is 0.193. The molecule has 0 amide bonds. The first-order chi connectivity index (χ1) is 7.97. The zero-order valence-corrected chi connectivity index (χ0v) is 9.35. The average Bonchev–Trinajstić information content (AvgIpc) is 2.29. The van der Waals surface area contributed by atoms with Gasteiger partial charge in [-0.05, 0) is 13.0 Å². The maximum atomic E-state index is 10.6. The molecule has 0 aromatic carbocycles. The monoisotopic (exact) mass is 247 g/mol. The molecule has 0 aromatic heterocycles. The Hall–Kier alpha value is -0.990. The summed E-state index contributed by atoms with van der Waals surface area (Å²) in [5.74, 6) is -0.193. The molecule has 5 N–H and O–H groups in total. The van der Waals surface area contributed by atoms with Crippen LogP contribution in [0.15, 0.2) is 12.3 Å². The number of carbonyl (C=O) groups excluding carboxylic acids is 1. The summed E-state index contributed by atoms with van der Waals surface area (Å²) in [6.07, 6.45) is -3.63. The van der Waals surface area contributed by atoms with Crippen LogP contribution in [-0.4, -0.2) is 63.5 Å². The van der Waals surface area contributed by atoms with E-state index < -0.39 is 37.3 Å². The van der Waals surface area contributed by atoms with Gasteiger partial charge in [0.2, 0.25) is 0 Å². The van der Waals surface area contributed by atoms with Gasteiger partial charge < -0.3 is 30.5 Å². The van der Waals surface area contributed by atoms with Crippen molar-refractivity contribution in [3.63, 3.8) is 0 Å². The van der Waals surface area contributed by atoms with Gasteiger partial charge in [0.15, 0.2) is 12.0 Å². The third-order valence-electron chi connectivity index (χ3n) is 2.47. The lowest BCUT2D eigenvalue weighted by molar-refractivity contribution is -0.233. The second-order valence-corrected chi connectivity index (χ2v) is 3.86. The number of rotatable bonds is 4. The van der Waals surface area contributed by atoms with E-state index in [1.54, 1.807) is 0 Å². The van der Waals surface area contributed by atoms with Crippen molar-refractivity contribution < 1.29 is 30.0 Å². The minimum Gasteiger partial charge on any atom is -0.394 e. The summed E-state index contributed by atoms with van der Waals surface area (Å²) in [7, 11) is 0. The number of ether oxygens (including phenoxy) is 1. The number of aliphatic hydroxyl groups excluding tert-OH is 4. The van der Waals surface area contributed by atoms with Crippen molar-refractivity contribution in [3.8, 4) is 0 Å². The molecular formula is C10H17NO6. The van der Waals surface area contributed by atoms with Crippen LogP contribution in [0.4, 0.5) is 0 Å². The number of carbonyl (C=O) groups is 1. The number of ketones is 1. The number of aliphatic hydroxyl groups is 4. The second-order valence-electron chi connectivity index (χ2n) is 3.86. The molecule has 0 aromatic rings. The van der Waals surface area contributed by atoms with Crippen LogP contribution in [0.3, 0.4) is 0 Å². The molecule has 1 fully saturated rings. The third kappa shape index (κ3) is 3.48. The molecule has 0 radical (unpaired) electrons. The fourth-order valence-corrected chi connectivity index (χ4v) is 1.50. The van der Waals surface area contributed by atoms with Crippen LogP contribution >= 0.6 is 0 Å². The molecule has 1 heterocycles. The van der Waals surface area contributed by atoms with Crippen molar-refractivity contribution in [1.29, 1.82) is 0 Å². The zero-order chi connectivity index (χ0) is 13.0. The maximum absolute atomic E-state index is 10.6. The Labute approximate surface area is 98.3 Å². The summed E-state index contributed by atoms with van der Waals surface area (Å²) in [5, 5.41) is 40.0. The molecule has 1 rings (SSSR count). The molecule has 5 atom stereocenters. The van der Waals surface area contributed by atoms with Crippen LogP contribution < -0.4 is 5.32 Å². The molecule has 1 aliphatic heterocycles. The van der Waals surface area contributed by atoms with Crippen LogP contribution in [0.5, 0.6) is 0 Å². The van der Waals surface area contributed by atoms with Crippen molar-refractivity contribution in [2.75, 3.05) is 6.61 Å². The van der Waals surface area contributed by atoms with E-state index in [9.17, 15) is 20.1 Å². The van der Waals surface area contributed by atoms with E-state index in [0.717, 1.165) is 0 Å². The summed E-state index contributed by atoms with van der Waals surface area (Å²) in [5.41, 5.74) is 0. The Bertz CT molecular complexity index is 293. The number of allylic oxidation sites excluding steroid dienone is 1. The molecule has 0 saturated carbocycles. The molecule has 7 nitrogen and oxygen atoms in total. The van der Waals surface area contributed by atoms with Gasteiger partial charge in [0.05, 0.1) is 6.61 Å². The van der Waals surface area contributed by atoms with Gasteiger partial charge in [0.25, 0.3) is 0 Å². The highest BCUT2D eigenvalue weighted by molar-refractivity contribution is 5.87. The molecule has 17 heavy (non-hydrogen) atoms. The Kier molecular flexibility index (Phi) is 5.03. The number of hydrogen-bond donors (Lipinski definition) is 5. The molecule has 0 spiro atoms. The topological polar surface area (TPSA) is 119 Å². The van der Waals surface area contributed by atoms with Crippen LogP contribution in [0.1, 0.15) is 6.92 Å². The van der Waals surface area contributed by atoms with Crippen LogP contribution in [0.2, 0.25) is 0 Å². The lowest BCUT2D eigenvalue weighted by Crippen LogP contribution is -2.61. The van der Waals surface area contributed by atoms with Gasteiger partial charge in [-0.1, -0.05) is 0 Å². The highest BCUT2D eigenvalue weighted by atomic mass is 16.6. The van der Waals surface area contributed by atoms with E-state index in [0.29, 0.717) is 0 Å². The summed E-state index contributed by atoms with van der Waals surface area (Å²) >= 11 is 0. The molecule has 0 unspecified atom stereocenters. The summed E-state index contributed by atoms with van der Waals surface area (Å²) in [6.45, 7) is 0.866. The lowest BCUT2D eigenvalue weighted by atomic mass is 9.98. The van der Waals surface area contributed by atoms with E-state index >= 15 is 0 Å². The van der Waals surface area contributed by atoms with E-state index in [1.807, 2.05) is 0 Å². The summed E-state index contributed by atoms with van der Waals surface area (Å²) < 4.78 is 5.13. The zero-order valence-electron chi connectivity index (χ0n) is 9.35. The van der Waals surface area contributed by atoms with Crippen LogP contribution in [0, 0.1) is 0 Å². The molecule has 7 heteroatoms. The second kappa shape index (κ2) is 6.08. The first-order valence-corrected chi connectivity index (χ1v) is 5.21. The Morgan fingerprint density at radius 1 is 1.29 bits per heavy atom. The SMILES string of the molecule is CC(=O)/C=C\N[C@@H]1O[C@H](CO)[C@@H](O)[C@H](O)[C@H]1O. The summed E-state index contributed by atoms with van der Waals surface area (Å²) in [4.78, 5) is 10.6. The lowest BCUT2D eigenvalue weighted by Gasteiger charge is -2.39. The standard InChI is InChI=1S/C10H17NO6/c1-5(13)2-3-11-10-9(16)8(15)7(14)6(4-12)17-10/h2-3,6-12,14-16H,4H2,1H3/b3-2-/t6-,7-,8+,9-,10-/m1/s1. The highest BCUT2D eigenvalue weighted by Crippen LogP contribution is 2.19. The van der Waals surface area contributed by atoms with Crippen molar-refractivity contribution in [2.45, 2.75) is 37.6 Å². The normalized spacial score (nSPS) is 38.3. The fourth-order valence-electron chi connectivity index (χ4n) is 1.50. The Morgan fingerprint density at radius 2 is 1.94 bits per heavy atom. The maximum Gasteiger partial charge on any atom is 0.156 e. The van der Waals surface area contributed by atoms with Crippen molar-refractivity contribution in [1.82, 2.24) is 5.32 Å². The smallest absolute Gasteiger partial charge is 0.156 e. The molecule has 98 valence electrons. The fraction of sp³-hybridized carbons (Fsp3) is 0.700.